The first kappa shape index (κ1) is 8.24. The summed E-state index contributed by atoms with van der Waals surface area (Å²) in [6, 6.07) is 0. The number of hydrogen-bond acceptors (Lipinski definition) is 1. The molecular weight excluding hydrogens is 143 g/mol. The van der Waals surface area contributed by atoms with Gasteiger partial charge in [-0.3, -0.25) is 4.68 Å². The fourth-order valence-corrected chi connectivity index (χ4v) is 1.25. The van der Waals surface area contributed by atoms with Crippen molar-refractivity contribution in [3.8, 4) is 0 Å². The highest BCUT2D eigenvalue weighted by Crippen LogP contribution is 2.23. The van der Waals surface area contributed by atoms with Crippen LogP contribution in [0.15, 0.2) is 6.20 Å². The van der Waals surface area contributed by atoms with Gasteiger partial charge in [0, 0.05) is 12.5 Å². The Morgan fingerprint density at radius 3 is 2.18 bits per heavy atom. The van der Waals surface area contributed by atoms with E-state index >= 15 is 0 Å². The summed E-state index contributed by atoms with van der Waals surface area (Å²) in [6.07, 6.45) is 1.25. The van der Waals surface area contributed by atoms with Crippen molar-refractivity contribution < 1.29 is 4.39 Å². The maximum absolute atomic E-state index is 13.0. The monoisotopic (exact) mass is 156 g/mol. The first-order chi connectivity index (χ1) is 4.93. The van der Waals surface area contributed by atoms with Gasteiger partial charge in [0.2, 0.25) is 0 Å². The van der Waals surface area contributed by atoms with E-state index in [1.54, 1.807) is 11.7 Å². The molecule has 0 spiro atoms. The molecule has 0 atom stereocenters. The summed E-state index contributed by atoms with van der Waals surface area (Å²) >= 11 is 0. The minimum Gasteiger partial charge on any atom is -0.269 e. The van der Waals surface area contributed by atoms with Gasteiger partial charge in [0.1, 0.15) is 0 Å². The molecule has 0 amide bonds. The van der Waals surface area contributed by atoms with Gasteiger partial charge >= 0.3 is 0 Å². The number of aryl methyl sites for hydroxylation is 1. The first-order valence-electron chi connectivity index (χ1n) is 3.61. The van der Waals surface area contributed by atoms with Gasteiger partial charge in [-0.05, 0) is 0 Å². The van der Waals surface area contributed by atoms with Crippen molar-refractivity contribution >= 4 is 0 Å². The summed E-state index contributed by atoms with van der Waals surface area (Å²) in [5, 5.41) is 3.82. The third-order valence-corrected chi connectivity index (χ3v) is 1.60. The van der Waals surface area contributed by atoms with E-state index in [1.807, 2.05) is 20.8 Å². The van der Waals surface area contributed by atoms with Crippen molar-refractivity contribution in [2.75, 3.05) is 0 Å². The van der Waals surface area contributed by atoms with Crippen LogP contribution in [0.3, 0.4) is 0 Å². The van der Waals surface area contributed by atoms with Crippen molar-refractivity contribution in [2.45, 2.75) is 26.2 Å². The molecule has 0 fully saturated rings. The van der Waals surface area contributed by atoms with Gasteiger partial charge in [-0.1, -0.05) is 20.8 Å². The predicted octanol–water partition coefficient (Wildman–Crippen LogP) is 1.86. The average molecular weight is 156 g/mol. The molecule has 11 heavy (non-hydrogen) atoms. The summed E-state index contributed by atoms with van der Waals surface area (Å²) in [4.78, 5) is 0. The van der Waals surface area contributed by atoms with Crippen molar-refractivity contribution in [1.82, 2.24) is 9.78 Å². The number of rotatable bonds is 0. The number of halogens is 1. The molecule has 0 bridgehead atoms. The van der Waals surface area contributed by atoms with Crippen LogP contribution in [0.2, 0.25) is 0 Å². The van der Waals surface area contributed by atoms with Gasteiger partial charge in [0.25, 0.3) is 0 Å². The maximum Gasteiger partial charge on any atom is 0.164 e. The fraction of sp³-hybridized carbons (Fsp3) is 0.625. The third-order valence-electron chi connectivity index (χ3n) is 1.60. The highest BCUT2D eigenvalue weighted by atomic mass is 19.1. The second kappa shape index (κ2) is 2.32. The van der Waals surface area contributed by atoms with E-state index in [2.05, 4.69) is 5.10 Å². The van der Waals surface area contributed by atoms with Crippen molar-refractivity contribution in [3.63, 3.8) is 0 Å². The Balaban J connectivity index is 3.21. The Morgan fingerprint density at radius 2 is 2.00 bits per heavy atom. The lowest BCUT2D eigenvalue weighted by atomic mass is 9.92. The second-order valence-electron chi connectivity index (χ2n) is 3.71. The van der Waals surface area contributed by atoms with Gasteiger partial charge in [-0.25, -0.2) is 4.39 Å². The maximum atomic E-state index is 13.0. The van der Waals surface area contributed by atoms with Crippen LogP contribution in [0.1, 0.15) is 26.5 Å². The molecule has 1 aromatic heterocycles. The van der Waals surface area contributed by atoms with E-state index in [0.29, 0.717) is 5.69 Å². The molecule has 62 valence electrons. The Labute approximate surface area is 66.0 Å². The van der Waals surface area contributed by atoms with Crippen LogP contribution >= 0.6 is 0 Å². The lowest BCUT2D eigenvalue weighted by molar-refractivity contribution is 0.482. The largest absolute Gasteiger partial charge is 0.269 e. The molecule has 1 aromatic rings. The standard InChI is InChI=1S/C8H13FN2/c1-8(2,3)7-6(9)5-10-11(7)4/h5H,1-4H3. The quantitative estimate of drug-likeness (QED) is 0.560. The molecule has 0 aliphatic rings. The Hall–Kier alpha value is -0.860. The summed E-state index contributed by atoms with van der Waals surface area (Å²) in [5.41, 5.74) is 0.479. The molecule has 0 unspecified atom stereocenters. The highest BCUT2D eigenvalue weighted by molar-refractivity contribution is 5.13. The number of nitrogens with zero attached hydrogens (tertiary/aromatic N) is 2. The Bertz CT molecular complexity index is 238. The molecule has 0 N–H and O–H groups in total. The van der Waals surface area contributed by atoms with Gasteiger partial charge in [0.05, 0.1) is 11.9 Å². The molecular formula is C8H13FN2. The van der Waals surface area contributed by atoms with Gasteiger partial charge in [0.15, 0.2) is 5.82 Å². The van der Waals surface area contributed by atoms with Crippen LogP contribution in [0.4, 0.5) is 4.39 Å². The zero-order valence-corrected chi connectivity index (χ0v) is 7.35. The van der Waals surface area contributed by atoms with Crippen molar-refractivity contribution in [3.05, 3.63) is 17.7 Å². The van der Waals surface area contributed by atoms with Crippen LogP contribution in [-0.2, 0) is 12.5 Å². The molecule has 0 aromatic carbocycles. The first-order valence-corrected chi connectivity index (χ1v) is 3.61. The summed E-state index contributed by atoms with van der Waals surface area (Å²) in [6.45, 7) is 5.90. The molecule has 1 heterocycles. The SMILES string of the molecule is Cn1ncc(F)c1C(C)(C)C. The molecule has 0 aliphatic heterocycles. The molecule has 0 saturated heterocycles. The van der Waals surface area contributed by atoms with Gasteiger partial charge < -0.3 is 0 Å². The summed E-state index contributed by atoms with van der Waals surface area (Å²) in [7, 11) is 1.75. The fourth-order valence-electron chi connectivity index (χ4n) is 1.25. The smallest absolute Gasteiger partial charge is 0.164 e. The summed E-state index contributed by atoms with van der Waals surface area (Å²) in [5.74, 6) is -0.222. The second-order valence-corrected chi connectivity index (χ2v) is 3.71. The van der Waals surface area contributed by atoms with E-state index in [4.69, 9.17) is 0 Å². The van der Waals surface area contributed by atoms with E-state index in [9.17, 15) is 4.39 Å². The lowest BCUT2D eigenvalue weighted by Gasteiger charge is -2.18. The Kier molecular flexibility index (Phi) is 1.74. The molecule has 3 heteroatoms. The Morgan fingerprint density at radius 1 is 1.45 bits per heavy atom. The molecule has 1 rings (SSSR count). The average Bonchev–Trinajstić information content (AvgIpc) is 2.08. The number of aromatic nitrogens is 2. The van der Waals surface area contributed by atoms with Gasteiger partial charge in [-0.15, -0.1) is 0 Å². The minimum atomic E-state index is -0.222. The topological polar surface area (TPSA) is 17.8 Å². The zero-order chi connectivity index (χ0) is 8.65. The van der Waals surface area contributed by atoms with E-state index in [1.165, 1.54) is 6.20 Å². The van der Waals surface area contributed by atoms with Crippen molar-refractivity contribution in [1.29, 1.82) is 0 Å². The highest BCUT2D eigenvalue weighted by Gasteiger charge is 2.22. The zero-order valence-electron chi connectivity index (χ0n) is 7.35. The predicted molar refractivity (Wildman–Crippen MR) is 41.9 cm³/mol. The van der Waals surface area contributed by atoms with E-state index in [-0.39, 0.29) is 11.2 Å². The van der Waals surface area contributed by atoms with Crippen LogP contribution in [0.25, 0.3) is 0 Å². The normalized spacial score (nSPS) is 12.1. The van der Waals surface area contributed by atoms with Crippen LogP contribution < -0.4 is 0 Å². The van der Waals surface area contributed by atoms with Crippen LogP contribution in [0, 0.1) is 5.82 Å². The molecule has 0 saturated carbocycles. The molecule has 0 radical (unpaired) electrons. The van der Waals surface area contributed by atoms with Crippen LogP contribution in [-0.4, -0.2) is 9.78 Å². The van der Waals surface area contributed by atoms with E-state index in [0.717, 1.165) is 0 Å². The molecule has 0 aliphatic carbocycles. The summed E-state index contributed by atoms with van der Waals surface area (Å²) < 4.78 is 14.6. The van der Waals surface area contributed by atoms with Crippen molar-refractivity contribution in [2.24, 2.45) is 7.05 Å². The minimum absolute atomic E-state index is 0.171. The molecule has 2 nitrogen and oxygen atoms in total. The lowest BCUT2D eigenvalue weighted by Crippen LogP contribution is -2.18. The van der Waals surface area contributed by atoms with Crippen LogP contribution in [0.5, 0.6) is 0 Å². The number of hydrogen-bond donors (Lipinski definition) is 0. The third kappa shape index (κ3) is 1.42. The van der Waals surface area contributed by atoms with E-state index < -0.39 is 0 Å². The van der Waals surface area contributed by atoms with Gasteiger partial charge in [-0.2, -0.15) is 5.10 Å².